The molecule has 4 heteroatoms. The topological polar surface area (TPSA) is 74.6 Å². The third-order valence-corrected chi connectivity index (χ3v) is 3.45. The minimum Gasteiger partial charge on any atom is -0.478 e. The van der Waals surface area contributed by atoms with Gasteiger partial charge in [0.2, 0.25) is 0 Å². The lowest BCUT2D eigenvalue weighted by atomic mass is 10.0. The molecule has 0 fully saturated rings. The van der Waals surface area contributed by atoms with Crippen molar-refractivity contribution in [1.29, 1.82) is 0 Å². The molecule has 0 atom stereocenters. The molecule has 0 aliphatic heterocycles. The van der Waals surface area contributed by atoms with Crippen molar-refractivity contribution in [3.05, 3.63) is 83.4 Å². The number of hydrogen-bond acceptors (Lipinski definition) is 2. The second-order valence-electron chi connectivity index (χ2n) is 4.94. The van der Waals surface area contributed by atoms with Gasteiger partial charge < -0.3 is 10.2 Å². The molecule has 0 saturated heterocycles. The first-order valence-corrected chi connectivity index (χ1v) is 7.00. The molecule has 3 rings (SSSR count). The maximum Gasteiger partial charge on any atom is 0.335 e. The Kier molecular flexibility index (Phi) is 5.10. The van der Waals surface area contributed by atoms with E-state index in [0.717, 1.165) is 0 Å². The van der Waals surface area contributed by atoms with E-state index >= 15 is 0 Å². The number of hydrogen-bond donors (Lipinski definition) is 2. The molecule has 0 amide bonds. The Hall–Kier alpha value is -3.14. The highest BCUT2D eigenvalue weighted by Gasteiger charge is 2.13. The normalized spacial score (nSPS) is 9.78. The SMILES string of the molecule is Cc1c(C(=O)O)cccc1C(=O)O.c1ccc2ccccc2c1. The molecule has 3 aromatic carbocycles. The lowest BCUT2D eigenvalue weighted by Crippen LogP contribution is -2.06. The molecule has 23 heavy (non-hydrogen) atoms. The van der Waals surface area contributed by atoms with Crippen LogP contribution in [0.4, 0.5) is 0 Å². The Morgan fingerprint density at radius 1 is 0.652 bits per heavy atom. The molecule has 0 heterocycles. The third-order valence-electron chi connectivity index (χ3n) is 3.45. The van der Waals surface area contributed by atoms with E-state index in [1.807, 2.05) is 0 Å². The van der Waals surface area contributed by atoms with Crippen molar-refractivity contribution < 1.29 is 19.8 Å². The number of carboxylic acid groups (broad SMARTS) is 2. The maximum absolute atomic E-state index is 10.6. The summed E-state index contributed by atoms with van der Waals surface area (Å²) in [5.74, 6) is -2.22. The molecule has 0 aromatic heterocycles. The molecule has 0 radical (unpaired) electrons. The molecule has 0 saturated carbocycles. The molecule has 0 aliphatic rings. The van der Waals surface area contributed by atoms with Crippen molar-refractivity contribution in [3.8, 4) is 0 Å². The molecular weight excluding hydrogens is 292 g/mol. The van der Waals surface area contributed by atoms with Crippen molar-refractivity contribution in [1.82, 2.24) is 0 Å². The van der Waals surface area contributed by atoms with Crippen LogP contribution in [-0.2, 0) is 0 Å². The lowest BCUT2D eigenvalue weighted by Gasteiger charge is -2.03. The van der Waals surface area contributed by atoms with Crippen molar-refractivity contribution in [3.63, 3.8) is 0 Å². The van der Waals surface area contributed by atoms with Crippen molar-refractivity contribution >= 4 is 22.7 Å². The highest BCUT2D eigenvalue weighted by Crippen LogP contribution is 2.13. The van der Waals surface area contributed by atoms with Gasteiger partial charge in [-0.2, -0.15) is 0 Å². The third kappa shape index (κ3) is 3.95. The van der Waals surface area contributed by atoms with E-state index in [4.69, 9.17) is 10.2 Å². The fourth-order valence-electron chi connectivity index (χ4n) is 2.23. The summed E-state index contributed by atoms with van der Waals surface area (Å²) >= 11 is 0. The Balaban J connectivity index is 0.000000172. The highest BCUT2D eigenvalue weighted by atomic mass is 16.4. The van der Waals surface area contributed by atoms with Crippen LogP contribution < -0.4 is 0 Å². The van der Waals surface area contributed by atoms with E-state index < -0.39 is 11.9 Å². The first kappa shape index (κ1) is 16.2. The van der Waals surface area contributed by atoms with Gasteiger partial charge in [-0.1, -0.05) is 54.6 Å². The van der Waals surface area contributed by atoms with Gasteiger partial charge in [-0.3, -0.25) is 0 Å². The van der Waals surface area contributed by atoms with Crippen molar-refractivity contribution in [2.45, 2.75) is 6.92 Å². The Morgan fingerprint density at radius 3 is 1.30 bits per heavy atom. The van der Waals surface area contributed by atoms with Crippen LogP contribution in [0.5, 0.6) is 0 Å². The Bertz CT molecular complexity index is 755. The van der Waals surface area contributed by atoms with E-state index in [-0.39, 0.29) is 16.7 Å². The molecule has 116 valence electrons. The zero-order valence-electron chi connectivity index (χ0n) is 12.6. The van der Waals surface area contributed by atoms with Crippen molar-refractivity contribution in [2.24, 2.45) is 0 Å². The monoisotopic (exact) mass is 308 g/mol. The average molecular weight is 308 g/mol. The van der Waals surface area contributed by atoms with Gasteiger partial charge in [0, 0.05) is 0 Å². The number of carboxylic acids is 2. The van der Waals surface area contributed by atoms with Gasteiger partial charge in [-0.25, -0.2) is 9.59 Å². The molecule has 0 aliphatic carbocycles. The highest BCUT2D eigenvalue weighted by molar-refractivity contribution is 5.96. The average Bonchev–Trinajstić information content (AvgIpc) is 2.55. The number of benzene rings is 3. The molecular formula is C19H16O4. The summed E-state index contributed by atoms with van der Waals surface area (Å²) < 4.78 is 0. The fourth-order valence-corrected chi connectivity index (χ4v) is 2.23. The van der Waals surface area contributed by atoms with E-state index in [1.54, 1.807) is 0 Å². The van der Waals surface area contributed by atoms with Crippen LogP contribution in [0.3, 0.4) is 0 Å². The second kappa shape index (κ2) is 7.22. The van der Waals surface area contributed by atoms with E-state index in [1.165, 1.54) is 35.9 Å². The van der Waals surface area contributed by atoms with E-state index in [9.17, 15) is 9.59 Å². The molecule has 4 nitrogen and oxygen atoms in total. The van der Waals surface area contributed by atoms with Gasteiger partial charge >= 0.3 is 11.9 Å². The fraction of sp³-hybridized carbons (Fsp3) is 0.0526. The summed E-state index contributed by atoms with van der Waals surface area (Å²) in [6.45, 7) is 1.48. The minimum atomic E-state index is -1.11. The van der Waals surface area contributed by atoms with Gasteiger partial charge in [0.05, 0.1) is 11.1 Å². The molecule has 0 spiro atoms. The molecule has 2 N–H and O–H groups in total. The van der Waals surface area contributed by atoms with E-state index in [0.29, 0.717) is 0 Å². The first-order valence-electron chi connectivity index (χ1n) is 7.00. The summed E-state index contributed by atoms with van der Waals surface area (Å²) in [6, 6.07) is 20.9. The van der Waals surface area contributed by atoms with Gasteiger partial charge in [0.15, 0.2) is 0 Å². The Labute approximate surface area is 133 Å². The molecule has 0 bridgehead atoms. The molecule has 0 unspecified atom stereocenters. The lowest BCUT2D eigenvalue weighted by molar-refractivity contribution is 0.0696. The second-order valence-corrected chi connectivity index (χ2v) is 4.94. The number of rotatable bonds is 2. The quantitative estimate of drug-likeness (QED) is 0.743. The van der Waals surface area contributed by atoms with Gasteiger partial charge in [-0.15, -0.1) is 0 Å². The summed E-state index contributed by atoms with van der Waals surface area (Å²) in [7, 11) is 0. The van der Waals surface area contributed by atoms with Crippen LogP contribution in [0.2, 0.25) is 0 Å². The number of carbonyl (C=O) groups is 2. The maximum atomic E-state index is 10.6. The van der Waals surface area contributed by atoms with Gasteiger partial charge in [0.1, 0.15) is 0 Å². The van der Waals surface area contributed by atoms with Crippen LogP contribution in [-0.4, -0.2) is 22.2 Å². The van der Waals surface area contributed by atoms with Crippen LogP contribution in [0.25, 0.3) is 10.8 Å². The van der Waals surface area contributed by atoms with Gasteiger partial charge in [0.25, 0.3) is 0 Å². The van der Waals surface area contributed by atoms with Crippen LogP contribution >= 0.6 is 0 Å². The molecule has 3 aromatic rings. The standard InChI is InChI=1S/C10H8.C9H8O4/c1-2-6-10-8-4-3-7-9(10)5-1;1-5-6(8(10)11)3-2-4-7(5)9(12)13/h1-8H;2-4H,1H3,(H,10,11)(H,12,13). The predicted molar refractivity (Wildman–Crippen MR) is 89.0 cm³/mol. The largest absolute Gasteiger partial charge is 0.478 e. The van der Waals surface area contributed by atoms with Crippen LogP contribution in [0.15, 0.2) is 66.7 Å². The van der Waals surface area contributed by atoms with Crippen LogP contribution in [0, 0.1) is 6.92 Å². The Morgan fingerprint density at radius 2 is 1.00 bits per heavy atom. The minimum absolute atomic E-state index is 0.0277. The van der Waals surface area contributed by atoms with Gasteiger partial charge in [-0.05, 0) is 35.4 Å². The zero-order chi connectivity index (χ0) is 16.8. The summed E-state index contributed by atoms with van der Waals surface area (Å²) in [5, 5.41) is 20.0. The van der Waals surface area contributed by atoms with Crippen LogP contribution in [0.1, 0.15) is 26.3 Å². The predicted octanol–water partition coefficient (Wildman–Crippen LogP) is 4.23. The first-order chi connectivity index (χ1) is 11.0. The van der Waals surface area contributed by atoms with Crippen molar-refractivity contribution in [2.75, 3.05) is 0 Å². The van der Waals surface area contributed by atoms with E-state index in [2.05, 4.69) is 48.5 Å². The summed E-state index contributed by atoms with van der Waals surface area (Å²) in [5.41, 5.74) is 0.335. The summed E-state index contributed by atoms with van der Waals surface area (Å²) in [4.78, 5) is 21.2. The number of aromatic carboxylic acids is 2. The zero-order valence-corrected chi connectivity index (χ0v) is 12.6. The number of fused-ring (bicyclic) bond motifs is 1. The summed E-state index contributed by atoms with van der Waals surface area (Å²) in [6.07, 6.45) is 0. The smallest absolute Gasteiger partial charge is 0.335 e.